The molecule has 0 saturated heterocycles. The molecule has 5 heteroatoms. The number of thioether (sulfide) groups is 1. The van der Waals surface area contributed by atoms with E-state index in [4.69, 9.17) is 9.69 Å². The van der Waals surface area contributed by atoms with Crippen LogP contribution in [0.15, 0.2) is 17.2 Å². The van der Waals surface area contributed by atoms with Crippen molar-refractivity contribution < 1.29 is 4.43 Å². The summed E-state index contributed by atoms with van der Waals surface area (Å²) < 4.78 is 6.56. The molecule has 0 aliphatic heterocycles. The third-order valence-corrected chi connectivity index (χ3v) is 11.2. The zero-order chi connectivity index (χ0) is 16.9. The molecule has 3 nitrogen and oxygen atoms in total. The summed E-state index contributed by atoms with van der Waals surface area (Å²) >= 11 is 1.51. The van der Waals surface area contributed by atoms with Gasteiger partial charge < -0.3 is 4.43 Å². The first kappa shape index (κ1) is 19.2. The van der Waals surface area contributed by atoms with Crippen molar-refractivity contribution >= 4 is 20.1 Å². The summed E-state index contributed by atoms with van der Waals surface area (Å²) in [6.45, 7) is 14.2. The van der Waals surface area contributed by atoms with Crippen molar-refractivity contribution in [2.24, 2.45) is 0 Å². The largest absolute Gasteiger partial charge is 0.410 e. The van der Waals surface area contributed by atoms with Crippen molar-refractivity contribution in [1.29, 1.82) is 5.26 Å². The van der Waals surface area contributed by atoms with E-state index in [1.54, 1.807) is 0 Å². The van der Waals surface area contributed by atoms with Crippen LogP contribution in [0.4, 0.5) is 0 Å². The fraction of sp³-hybridized carbons (Fsp3) is 0.647. The van der Waals surface area contributed by atoms with Crippen molar-refractivity contribution in [3.63, 3.8) is 0 Å². The number of hydrogen-bond donors (Lipinski definition) is 0. The highest BCUT2D eigenvalue weighted by Gasteiger charge is 2.45. The lowest BCUT2D eigenvalue weighted by Gasteiger charge is -2.42. The van der Waals surface area contributed by atoms with Gasteiger partial charge in [-0.05, 0) is 35.0 Å². The second-order valence-corrected chi connectivity index (χ2v) is 12.8. The molecule has 1 heterocycles. The zero-order valence-corrected chi connectivity index (χ0v) is 16.6. The van der Waals surface area contributed by atoms with Crippen molar-refractivity contribution in [2.45, 2.75) is 69.8 Å². The highest BCUT2D eigenvalue weighted by Crippen LogP contribution is 2.42. The summed E-state index contributed by atoms with van der Waals surface area (Å²) in [5.74, 6) is 0. The van der Waals surface area contributed by atoms with Gasteiger partial charge >= 0.3 is 0 Å². The van der Waals surface area contributed by atoms with E-state index in [9.17, 15) is 0 Å². The van der Waals surface area contributed by atoms with Gasteiger partial charge in [0.25, 0.3) is 0 Å². The molecule has 22 heavy (non-hydrogen) atoms. The van der Waals surface area contributed by atoms with E-state index in [1.807, 2.05) is 18.4 Å². The smallest absolute Gasteiger partial charge is 0.200 e. The van der Waals surface area contributed by atoms with E-state index >= 15 is 0 Å². The molecule has 0 spiro atoms. The Morgan fingerprint density at radius 3 is 2.09 bits per heavy atom. The number of pyridine rings is 1. The molecular weight excluding hydrogens is 308 g/mol. The Labute approximate surface area is 140 Å². The molecule has 0 aromatic carbocycles. The minimum absolute atomic E-state index is 0.542. The SMILES string of the molecule is CSc1nc(CO[Si](C(C)C)(C(C)C)C(C)C)ccc1C#N. The average Bonchev–Trinajstić information content (AvgIpc) is 2.46. The summed E-state index contributed by atoms with van der Waals surface area (Å²) in [6, 6.07) is 5.95. The fourth-order valence-electron chi connectivity index (χ4n) is 3.50. The Balaban J connectivity index is 3.02. The number of hydrogen-bond acceptors (Lipinski definition) is 4. The molecule has 0 saturated carbocycles. The Bertz CT molecular complexity index is 516. The normalized spacial score (nSPS) is 12.2. The van der Waals surface area contributed by atoms with Gasteiger partial charge in [0.15, 0.2) is 0 Å². The topological polar surface area (TPSA) is 45.9 Å². The predicted octanol–water partition coefficient (Wildman–Crippen LogP) is 5.37. The Morgan fingerprint density at radius 1 is 1.14 bits per heavy atom. The van der Waals surface area contributed by atoms with Crippen molar-refractivity contribution in [3.05, 3.63) is 23.4 Å². The third-order valence-electron chi connectivity index (χ3n) is 4.41. The molecule has 0 amide bonds. The van der Waals surface area contributed by atoms with Gasteiger partial charge in [-0.15, -0.1) is 11.8 Å². The first-order chi connectivity index (χ1) is 10.3. The molecule has 0 aliphatic carbocycles. The average molecular weight is 337 g/mol. The highest BCUT2D eigenvalue weighted by atomic mass is 32.2. The molecule has 0 N–H and O–H groups in total. The van der Waals surface area contributed by atoms with E-state index in [2.05, 4.69) is 52.6 Å². The van der Waals surface area contributed by atoms with Crippen LogP contribution >= 0.6 is 11.8 Å². The highest BCUT2D eigenvalue weighted by molar-refractivity contribution is 7.98. The summed E-state index contributed by atoms with van der Waals surface area (Å²) in [6.07, 6.45) is 1.95. The Hall–Kier alpha value is -0.833. The van der Waals surface area contributed by atoms with Gasteiger partial charge in [0.05, 0.1) is 17.9 Å². The van der Waals surface area contributed by atoms with Crippen LogP contribution < -0.4 is 0 Å². The van der Waals surface area contributed by atoms with Crippen molar-refractivity contribution in [2.75, 3.05) is 6.26 Å². The Kier molecular flexibility index (Phi) is 7.11. The molecule has 0 radical (unpaired) electrons. The van der Waals surface area contributed by atoms with Crippen LogP contribution in [-0.2, 0) is 11.0 Å². The maximum absolute atomic E-state index is 9.09. The van der Waals surface area contributed by atoms with E-state index in [0.29, 0.717) is 28.8 Å². The Morgan fingerprint density at radius 2 is 1.68 bits per heavy atom. The van der Waals surface area contributed by atoms with E-state index in [1.165, 1.54) is 11.8 Å². The van der Waals surface area contributed by atoms with Gasteiger partial charge in [0.2, 0.25) is 8.32 Å². The van der Waals surface area contributed by atoms with Crippen LogP contribution in [0.3, 0.4) is 0 Å². The number of nitrogens with zero attached hydrogens (tertiary/aromatic N) is 2. The summed E-state index contributed by atoms with van der Waals surface area (Å²) in [5.41, 5.74) is 3.24. The lowest BCUT2D eigenvalue weighted by Crippen LogP contribution is -2.47. The number of nitriles is 1. The van der Waals surface area contributed by atoms with Gasteiger partial charge in [-0.1, -0.05) is 41.5 Å². The summed E-state index contributed by atoms with van der Waals surface area (Å²) in [7, 11) is -1.87. The van der Waals surface area contributed by atoms with E-state index < -0.39 is 8.32 Å². The van der Waals surface area contributed by atoms with Gasteiger partial charge in [-0.3, -0.25) is 0 Å². The van der Waals surface area contributed by atoms with E-state index in [0.717, 1.165) is 10.7 Å². The van der Waals surface area contributed by atoms with Crippen molar-refractivity contribution in [1.82, 2.24) is 4.98 Å². The quantitative estimate of drug-likeness (QED) is 0.496. The monoisotopic (exact) mass is 336 g/mol. The van der Waals surface area contributed by atoms with Crippen LogP contribution in [0, 0.1) is 11.3 Å². The van der Waals surface area contributed by atoms with Crippen LogP contribution in [0.25, 0.3) is 0 Å². The van der Waals surface area contributed by atoms with Crippen LogP contribution in [-0.4, -0.2) is 19.6 Å². The van der Waals surface area contributed by atoms with E-state index in [-0.39, 0.29) is 0 Å². The van der Waals surface area contributed by atoms with Gasteiger partial charge in [0, 0.05) is 0 Å². The molecular formula is C17H28N2OSSi. The van der Waals surface area contributed by atoms with Crippen LogP contribution in [0.1, 0.15) is 52.8 Å². The first-order valence-corrected chi connectivity index (χ1v) is 11.2. The maximum Gasteiger partial charge on any atom is 0.200 e. The molecule has 1 rings (SSSR count). The third kappa shape index (κ3) is 3.92. The zero-order valence-electron chi connectivity index (χ0n) is 14.8. The summed E-state index contributed by atoms with van der Waals surface area (Å²) in [4.78, 5) is 4.58. The first-order valence-electron chi connectivity index (χ1n) is 7.87. The number of aromatic nitrogens is 1. The standard InChI is InChI=1S/C17H28N2OSSi/c1-12(2)22(13(3)4,14(5)6)20-11-16-9-8-15(10-18)17(19-16)21-7/h8-9,12-14H,11H2,1-7H3. The molecule has 0 bridgehead atoms. The van der Waals surface area contributed by atoms with Gasteiger partial charge in [0.1, 0.15) is 11.1 Å². The maximum atomic E-state index is 9.09. The molecule has 1 aromatic heterocycles. The molecule has 0 atom stereocenters. The minimum Gasteiger partial charge on any atom is -0.410 e. The lowest BCUT2D eigenvalue weighted by atomic mass is 10.3. The van der Waals surface area contributed by atoms with Gasteiger partial charge in [-0.25, -0.2) is 4.98 Å². The molecule has 122 valence electrons. The second kappa shape index (κ2) is 8.14. The minimum atomic E-state index is -1.87. The lowest BCUT2D eigenvalue weighted by molar-refractivity contribution is 0.261. The fourth-order valence-corrected chi connectivity index (χ4v) is 9.44. The van der Waals surface area contributed by atoms with Crippen LogP contribution in [0.5, 0.6) is 0 Å². The predicted molar refractivity (Wildman–Crippen MR) is 96.6 cm³/mol. The van der Waals surface area contributed by atoms with Crippen molar-refractivity contribution in [3.8, 4) is 6.07 Å². The summed E-state index contributed by atoms with van der Waals surface area (Å²) in [5, 5.41) is 9.88. The number of rotatable bonds is 7. The van der Waals surface area contributed by atoms with Gasteiger partial charge in [-0.2, -0.15) is 5.26 Å². The second-order valence-electron chi connectivity index (χ2n) is 6.58. The molecule has 1 aromatic rings. The molecule has 0 aliphatic rings. The molecule has 0 fully saturated rings. The van der Waals surface area contributed by atoms with Crippen LogP contribution in [0.2, 0.25) is 16.6 Å². The molecule has 0 unspecified atom stereocenters.